The van der Waals surface area contributed by atoms with Gasteiger partial charge in [0.15, 0.2) is 6.29 Å². The zero-order chi connectivity index (χ0) is 13.5. The van der Waals surface area contributed by atoms with Gasteiger partial charge >= 0.3 is 5.97 Å². The van der Waals surface area contributed by atoms with Gasteiger partial charge in [-0.2, -0.15) is 0 Å². The lowest BCUT2D eigenvalue weighted by Gasteiger charge is -2.14. The summed E-state index contributed by atoms with van der Waals surface area (Å²) in [6, 6.07) is 5.66. The third-order valence-electron chi connectivity index (χ3n) is 2.25. The summed E-state index contributed by atoms with van der Waals surface area (Å²) in [5.41, 5.74) is 0.570. The maximum absolute atomic E-state index is 11.7. The number of thioether (sulfide) groups is 1. The summed E-state index contributed by atoms with van der Waals surface area (Å²) in [6.45, 7) is 0. The minimum Gasteiger partial charge on any atom is -0.465 e. The molecule has 0 spiro atoms. The van der Waals surface area contributed by atoms with E-state index in [0.717, 1.165) is 8.47 Å². The van der Waals surface area contributed by atoms with Gasteiger partial charge in [-0.3, -0.25) is 0 Å². The molecule has 0 atom stereocenters. The SMILES string of the molecule is COC(=O)c1cc(I)ccc1SCC(OC)OC. The van der Waals surface area contributed by atoms with Crippen molar-refractivity contribution in [2.45, 2.75) is 11.2 Å². The minimum atomic E-state index is -0.331. The molecule has 0 radical (unpaired) electrons. The number of hydrogen-bond acceptors (Lipinski definition) is 5. The fraction of sp³-hybridized carbons (Fsp3) is 0.417. The van der Waals surface area contributed by atoms with Gasteiger partial charge in [0.1, 0.15) is 0 Å². The van der Waals surface area contributed by atoms with Gasteiger partial charge in [0.25, 0.3) is 0 Å². The van der Waals surface area contributed by atoms with Crippen LogP contribution in [0.2, 0.25) is 0 Å². The first-order valence-corrected chi connectivity index (χ1v) is 7.25. The van der Waals surface area contributed by atoms with Crippen LogP contribution in [0.15, 0.2) is 23.1 Å². The smallest absolute Gasteiger partial charge is 0.339 e. The van der Waals surface area contributed by atoms with Crippen LogP contribution in [-0.4, -0.2) is 39.3 Å². The average molecular weight is 382 g/mol. The zero-order valence-electron chi connectivity index (χ0n) is 10.4. The van der Waals surface area contributed by atoms with Crippen LogP contribution in [0.3, 0.4) is 0 Å². The van der Waals surface area contributed by atoms with Crippen LogP contribution in [0.1, 0.15) is 10.4 Å². The summed E-state index contributed by atoms with van der Waals surface area (Å²) in [4.78, 5) is 12.5. The number of methoxy groups -OCH3 is 3. The Bertz CT molecular complexity index is 407. The number of ether oxygens (including phenoxy) is 3. The minimum absolute atomic E-state index is 0.292. The molecule has 0 aromatic heterocycles. The monoisotopic (exact) mass is 382 g/mol. The molecule has 0 fully saturated rings. The Morgan fingerprint density at radius 1 is 1.33 bits per heavy atom. The van der Waals surface area contributed by atoms with Gasteiger partial charge in [-0.25, -0.2) is 4.79 Å². The van der Waals surface area contributed by atoms with Crippen molar-refractivity contribution in [1.82, 2.24) is 0 Å². The number of halogens is 1. The molecule has 0 saturated carbocycles. The first-order valence-electron chi connectivity index (χ1n) is 5.18. The van der Waals surface area contributed by atoms with Crippen LogP contribution in [0.5, 0.6) is 0 Å². The topological polar surface area (TPSA) is 44.8 Å². The Morgan fingerprint density at radius 3 is 2.56 bits per heavy atom. The maximum atomic E-state index is 11.7. The van der Waals surface area contributed by atoms with Gasteiger partial charge in [-0.1, -0.05) is 0 Å². The highest BCUT2D eigenvalue weighted by Crippen LogP contribution is 2.26. The number of carbonyl (C=O) groups excluding carboxylic acids is 1. The predicted molar refractivity (Wildman–Crippen MR) is 79.0 cm³/mol. The van der Waals surface area contributed by atoms with Crippen LogP contribution in [-0.2, 0) is 14.2 Å². The summed E-state index contributed by atoms with van der Waals surface area (Å²) < 4.78 is 16.0. The van der Waals surface area contributed by atoms with Crippen LogP contribution < -0.4 is 0 Å². The van der Waals surface area contributed by atoms with E-state index < -0.39 is 0 Å². The van der Waals surface area contributed by atoms with Crippen molar-refractivity contribution in [1.29, 1.82) is 0 Å². The molecule has 0 unspecified atom stereocenters. The molecule has 0 aliphatic heterocycles. The largest absolute Gasteiger partial charge is 0.465 e. The molecule has 0 saturated heterocycles. The molecule has 18 heavy (non-hydrogen) atoms. The molecule has 6 heteroatoms. The Kier molecular flexibility index (Phi) is 6.98. The van der Waals surface area contributed by atoms with E-state index in [4.69, 9.17) is 14.2 Å². The summed E-state index contributed by atoms with van der Waals surface area (Å²) in [5, 5.41) is 0. The average Bonchev–Trinajstić information content (AvgIpc) is 2.40. The van der Waals surface area contributed by atoms with E-state index in [1.54, 1.807) is 14.2 Å². The second kappa shape index (κ2) is 7.98. The van der Waals surface area contributed by atoms with Crippen LogP contribution in [0, 0.1) is 3.57 Å². The van der Waals surface area contributed by atoms with Crippen molar-refractivity contribution >= 4 is 40.3 Å². The highest BCUT2D eigenvalue weighted by Gasteiger charge is 2.14. The lowest BCUT2D eigenvalue weighted by molar-refractivity contribution is -0.0842. The molecule has 0 aliphatic rings. The van der Waals surface area contributed by atoms with Gasteiger partial charge in [0.05, 0.1) is 12.7 Å². The van der Waals surface area contributed by atoms with Gasteiger partial charge in [-0.05, 0) is 40.8 Å². The van der Waals surface area contributed by atoms with Crippen LogP contribution >= 0.6 is 34.4 Å². The van der Waals surface area contributed by atoms with Gasteiger partial charge in [0.2, 0.25) is 0 Å². The highest BCUT2D eigenvalue weighted by molar-refractivity contribution is 14.1. The van der Waals surface area contributed by atoms with E-state index in [1.165, 1.54) is 18.9 Å². The first kappa shape index (κ1) is 15.7. The predicted octanol–water partition coefficient (Wildman–Crippen LogP) is 2.79. The van der Waals surface area contributed by atoms with Crippen molar-refractivity contribution < 1.29 is 19.0 Å². The van der Waals surface area contributed by atoms with Gasteiger partial charge in [-0.15, -0.1) is 11.8 Å². The number of benzene rings is 1. The number of hydrogen-bond donors (Lipinski definition) is 0. The molecule has 0 amide bonds. The summed E-state index contributed by atoms with van der Waals surface area (Å²) in [5.74, 6) is 0.278. The third-order valence-corrected chi connectivity index (χ3v) is 4.02. The van der Waals surface area contributed by atoms with Crippen molar-refractivity contribution in [3.63, 3.8) is 0 Å². The Hall–Kier alpha value is -0.310. The van der Waals surface area contributed by atoms with Gasteiger partial charge < -0.3 is 14.2 Å². The number of esters is 1. The van der Waals surface area contributed by atoms with E-state index in [1.807, 2.05) is 18.2 Å². The molecule has 4 nitrogen and oxygen atoms in total. The second-order valence-electron chi connectivity index (χ2n) is 3.34. The van der Waals surface area contributed by atoms with Crippen molar-refractivity contribution in [2.75, 3.05) is 27.1 Å². The lowest BCUT2D eigenvalue weighted by Crippen LogP contribution is -2.16. The zero-order valence-corrected chi connectivity index (χ0v) is 13.4. The van der Waals surface area contributed by atoms with Crippen LogP contribution in [0.25, 0.3) is 0 Å². The molecule has 100 valence electrons. The summed E-state index contributed by atoms with van der Waals surface area (Å²) >= 11 is 3.66. The molecule has 1 aromatic rings. The quantitative estimate of drug-likeness (QED) is 0.328. The molecule has 1 aromatic carbocycles. The number of rotatable bonds is 6. The van der Waals surface area contributed by atoms with Crippen molar-refractivity contribution in [3.8, 4) is 0 Å². The van der Waals surface area contributed by atoms with Gasteiger partial charge in [0, 0.05) is 28.4 Å². The first-order chi connectivity index (χ1) is 8.62. The Labute approximate surface area is 125 Å². The normalized spacial score (nSPS) is 10.7. The Balaban J connectivity index is 2.84. The third kappa shape index (κ3) is 4.42. The molecule has 0 bridgehead atoms. The lowest BCUT2D eigenvalue weighted by atomic mass is 10.2. The molecular weight excluding hydrogens is 367 g/mol. The second-order valence-corrected chi connectivity index (χ2v) is 5.65. The molecular formula is C12H15IO4S. The fourth-order valence-corrected chi connectivity index (χ4v) is 2.83. The summed E-state index contributed by atoms with van der Waals surface area (Å²) in [6.07, 6.45) is -0.292. The molecule has 0 aliphatic carbocycles. The Morgan fingerprint density at radius 2 is 2.00 bits per heavy atom. The van der Waals surface area contributed by atoms with Crippen LogP contribution in [0.4, 0.5) is 0 Å². The van der Waals surface area contributed by atoms with E-state index in [2.05, 4.69) is 22.6 Å². The van der Waals surface area contributed by atoms with E-state index in [0.29, 0.717) is 11.3 Å². The molecule has 0 heterocycles. The molecule has 1 rings (SSSR count). The van der Waals surface area contributed by atoms with E-state index in [-0.39, 0.29) is 12.3 Å². The fourth-order valence-electron chi connectivity index (χ4n) is 1.29. The van der Waals surface area contributed by atoms with Crippen molar-refractivity contribution in [3.05, 3.63) is 27.3 Å². The van der Waals surface area contributed by atoms with E-state index in [9.17, 15) is 4.79 Å². The maximum Gasteiger partial charge on any atom is 0.339 e. The number of carbonyl (C=O) groups is 1. The molecule has 0 N–H and O–H groups in total. The van der Waals surface area contributed by atoms with Crippen molar-refractivity contribution in [2.24, 2.45) is 0 Å². The van der Waals surface area contributed by atoms with E-state index >= 15 is 0 Å². The highest BCUT2D eigenvalue weighted by atomic mass is 127. The summed E-state index contributed by atoms with van der Waals surface area (Å²) in [7, 11) is 4.55. The standard InChI is InChI=1S/C12H15IO4S/c1-15-11(16-2)7-18-10-5-4-8(13)6-9(10)12(14)17-3/h4-6,11H,7H2,1-3H3.